The van der Waals surface area contributed by atoms with Gasteiger partial charge < -0.3 is 14.6 Å². The van der Waals surface area contributed by atoms with Crippen LogP contribution >= 0.6 is 0 Å². The van der Waals surface area contributed by atoms with Crippen molar-refractivity contribution < 1.29 is 29.0 Å². The van der Waals surface area contributed by atoms with E-state index in [0.29, 0.717) is 12.8 Å². The normalized spacial score (nSPS) is 14.1. The van der Waals surface area contributed by atoms with Gasteiger partial charge in [0.2, 0.25) is 0 Å². The third kappa shape index (κ3) is 8.74. The minimum atomic E-state index is -0.561. The van der Waals surface area contributed by atoms with Gasteiger partial charge in [0, 0.05) is 29.7 Å². The summed E-state index contributed by atoms with van der Waals surface area (Å²) in [6.07, 6.45) is 5.13. The molecule has 0 saturated carbocycles. The molecule has 0 saturated heterocycles. The summed E-state index contributed by atoms with van der Waals surface area (Å²) in [7, 11) is 1.27. The number of ketones is 1. The maximum Gasteiger partial charge on any atom is 0.410 e. The molecule has 0 rings (SSSR count). The number of amides is 1. The number of hydrogen-bond acceptors (Lipinski definition) is 6. The molecule has 0 radical (unpaired) electrons. The molecule has 0 aromatic heterocycles. The molecule has 0 aromatic carbocycles. The second-order valence-corrected chi connectivity index (χ2v) is 5.81. The number of Topliss-reactive ketones (excluding diaryl/α,β-unsaturated/α-hetero) is 1. The van der Waals surface area contributed by atoms with Crippen LogP contribution in [0.5, 0.6) is 0 Å². The summed E-state index contributed by atoms with van der Waals surface area (Å²) in [5.74, 6) is -0.556. The molecular formula is C18H27NO6. The first-order chi connectivity index (χ1) is 11.7. The van der Waals surface area contributed by atoms with Crippen LogP contribution in [0.3, 0.4) is 0 Å². The van der Waals surface area contributed by atoms with E-state index in [0.717, 1.165) is 0 Å². The molecule has 0 aliphatic rings. The monoisotopic (exact) mass is 353 g/mol. The second-order valence-electron chi connectivity index (χ2n) is 5.81. The quantitative estimate of drug-likeness (QED) is 0.270. The molecule has 0 aliphatic heterocycles. The molecule has 140 valence electrons. The fraction of sp³-hybridized carbons (Fsp3) is 0.500. The van der Waals surface area contributed by atoms with Gasteiger partial charge in [0.25, 0.3) is 6.47 Å². The van der Waals surface area contributed by atoms with Gasteiger partial charge in [-0.2, -0.15) is 0 Å². The van der Waals surface area contributed by atoms with E-state index in [1.165, 1.54) is 26.3 Å². The Balaban J connectivity index is 4.96. The van der Waals surface area contributed by atoms with Gasteiger partial charge in [-0.05, 0) is 19.8 Å². The number of allylic oxidation sites excluding steroid dienone is 4. The lowest BCUT2D eigenvalue weighted by Crippen LogP contribution is -2.16. The predicted molar refractivity (Wildman–Crippen MR) is 93.5 cm³/mol. The van der Waals surface area contributed by atoms with Crippen LogP contribution < -0.4 is 5.32 Å². The molecule has 7 nitrogen and oxygen atoms in total. The van der Waals surface area contributed by atoms with E-state index in [9.17, 15) is 19.5 Å². The molecule has 1 amide bonds. The van der Waals surface area contributed by atoms with Crippen LogP contribution in [-0.4, -0.2) is 30.6 Å². The van der Waals surface area contributed by atoms with Crippen LogP contribution in [0.1, 0.15) is 40.5 Å². The number of aliphatic hydroxyl groups is 1. The highest BCUT2D eigenvalue weighted by Crippen LogP contribution is 2.20. The number of carbonyl (C=O) groups excluding carboxylic acids is 3. The Bertz CT molecular complexity index is 560. The molecule has 0 fully saturated rings. The van der Waals surface area contributed by atoms with Crippen LogP contribution in [-0.2, 0) is 19.1 Å². The van der Waals surface area contributed by atoms with Crippen LogP contribution in [0.15, 0.2) is 35.4 Å². The number of alkyl carbamates (subject to hydrolysis) is 1. The Morgan fingerprint density at radius 3 is 2.40 bits per heavy atom. The van der Waals surface area contributed by atoms with E-state index in [4.69, 9.17) is 4.74 Å². The van der Waals surface area contributed by atoms with Crippen LogP contribution in [0.2, 0.25) is 0 Å². The summed E-state index contributed by atoms with van der Waals surface area (Å²) in [6, 6.07) is 0. The first kappa shape index (κ1) is 22.4. The fourth-order valence-electron chi connectivity index (χ4n) is 1.91. The lowest BCUT2D eigenvalue weighted by molar-refractivity contribution is -0.125. The SMILES string of the molecule is COC(=O)N/C=C/CCC(C)/C(=C/C(O)=C(\C)C(=O)C(C)C)OC=O. The Kier molecular flexibility index (Phi) is 10.7. The first-order valence-corrected chi connectivity index (χ1v) is 8.00. The summed E-state index contributed by atoms with van der Waals surface area (Å²) in [4.78, 5) is 33.5. The number of rotatable bonds is 10. The Morgan fingerprint density at radius 2 is 1.88 bits per heavy atom. The van der Waals surface area contributed by atoms with Crippen molar-refractivity contribution in [3.63, 3.8) is 0 Å². The van der Waals surface area contributed by atoms with E-state index in [2.05, 4.69) is 10.1 Å². The highest BCUT2D eigenvalue weighted by Gasteiger charge is 2.16. The van der Waals surface area contributed by atoms with E-state index in [-0.39, 0.29) is 41.2 Å². The summed E-state index contributed by atoms with van der Waals surface area (Å²) in [6.45, 7) is 7.11. The molecule has 0 heterocycles. The standard InChI is InChI=1S/C18H27NO6/c1-12(2)17(22)14(4)15(21)10-16(25-11-20)13(3)8-6-7-9-19-18(23)24-5/h7,9-13,21H,6,8H2,1-5H3,(H,19,23)/b9-7+,15-14-,16-10-. The fourth-order valence-corrected chi connectivity index (χ4v) is 1.91. The molecule has 2 N–H and O–H groups in total. The number of hydrogen-bond donors (Lipinski definition) is 2. The highest BCUT2D eigenvalue weighted by atomic mass is 16.5. The average Bonchev–Trinajstić information content (AvgIpc) is 2.58. The van der Waals surface area contributed by atoms with Gasteiger partial charge in [0.05, 0.1) is 7.11 Å². The number of aliphatic hydroxyl groups excluding tert-OH is 1. The van der Waals surface area contributed by atoms with Crippen LogP contribution in [0.25, 0.3) is 0 Å². The highest BCUT2D eigenvalue weighted by molar-refractivity contribution is 5.96. The molecule has 0 spiro atoms. The van der Waals surface area contributed by atoms with Gasteiger partial charge >= 0.3 is 6.09 Å². The molecule has 7 heteroatoms. The van der Waals surface area contributed by atoms with E-state index in [1.54, 1.807) is 19.9 Å². The lowest BCUT2D eigenvalue weighted by Gasteiger charge is -2.13. The van der Waals surface area contributed by atoms with E-state index in [1.807, 2.05) is 6.92 Å². The maximum absolute atomic E-state index is 11.9. The van der Waals surface area contributed by atoms with Gasteiger partial charge in [-0.1, -0.05) is 26.8 Å². The Morgan fingerprint density at radius 1 is 1.24 bits per heavy atom. The third-order valence-corrected chi connectivity index (χ3v) is 3.50. The lowest BCUT2D eigenvalue weighted by atomic mass is 9.99. The van der Waals surface area contributed by atoms with Crippen LogP contribution in [0.4, 0.5) is 4.79 Å². The summed E-state index contributed by atoms with van der Waals surface area (Å²) in [5, 5.41) is 12.5. The number of nitrogens with one attached hydrogen (secondary N) is 1. The minimum absolute atomic E-state index is 0.177. The molecule has 1 unspecified atom stereocenters. The van der Waals surface area contributed by atoms with Crippen molar-refractivity contribution in [1.29, 1.82) is 0 Å². The first-order valence-electron chi connectivity index (χ1n) is 8.00. The average molecular weight is 353 g/mol. The van der Waals surface area contributed by atoms with Gasteiger partial charge in [-0.25, -0.2) is 4.79 Å². The van der Waals surface area contributed by atoms with Crippen molar-refractivity contribution in [2.24, 2.45) is 11.8 Å². The van der Waals surface area contributed by atoms with Gasteiger partial charge in [-0.3, -0.25) is 14.9 Å². The molecule has 0 aliphatic carbocycles. The second kappa shape index (κ2) is 11.9. The molecule has 0 aromatic rings. The van der Waals surface area contributed by atoms with Crippen molar-refractivity contribution in [1.82, 2.24) is 5.32 Å². The molecule has 25 heavy (non-hydrogen) atoms. The van der Waals surface area contributed by atoms with Gasteiger partial charge in [-0.15, -0.1) is 0 Å². The van der Waals surface area contributed by atoms with Crippen LogP contribution in [0, 0.1) is 11.8 Å². The smallest absolute Gasteiger partial charge is 0.410 e. The number of ether oxygens (including phenoxy) is 2. The molecule has 0 bridgehead atoms. The van der Waals surface area contributed by atoms with Crippen molar-refractivity contribution in [2.45, 2.75) is 40.5 Å². The van der Waals surface area contributed by atoms with E-state index >= 15 is 0 Å². The summed E-state index contributed by atoms with van der Waals surface area (Å²) in [5.41, 5.74) is 0.219. The molecular weight excluding hydrogens is 326 g/mol. The Hall–Kier alpha value is -2.57. The summed E-state index contributed by atoms with van der Waals surface area (Å²) >= 11 is 0. The zero-order valence-corrected chi connectivity index (χ0v) is 15.4. The van der Waals surface area contributed by atoms with Crippen molar-refractivity contribution in [3.8, 4) is 0 Å². The minimum Gasteiger partial charge on any atom is -0.507 e. The number of methoxy groups -OCH3 is 1. The van der Waals surface area contributed by atoms with Crippen molar-refractivity contribution in [2.75, 3.05) is 7.11 Å². The zero-order chi connectivity index (χ0) is 19.4. The van der Waals surface area contributed by atoms with Gasteiger partial charge in [0.15, 0.2) is 5.78 Å². The molecule has 1 atom stereocenters. The number of carbonyl (C=O) groups is 3. The third-order valence-electron chi connectivity index (χ3n) is 3.50. The van der Waals surface area contributed by atoms with Crippen molar-refractivity contribution in [3.05, 3.63) is 35.4 Å². The topological polar surface area (TPSA) is 102 Å². The predicted octanol–water partition coefficient (Wildman–Crippen LogP) is 3.39. The van der Waals surface area contributed by atoms with Gasteiger partial charge in [0.1, 0.15) is 11.5 Å². The maximum atomic E-state index is 11.9. The van der Waals surface area contributed by atoms with E-state index < -0.39 is 6.09 Å². The van der Waals surface area contributed by atoms with Crippen molar-refractivity contribution >= 4 is 18.3 Å². The summed E-state index contributed by atoms with van der Waals surface area (Å²) < 4.78 is 9.36. The largest absolute Gasteiger partial charge is 0.507 e. The Labute approximate surface area is 148 Å². The zero-order valence-electron chi connectivity index (χ0n) is 15.4.